The van der Waals surface area contributed by atoms with E-state index in [1.165, 1.54) is 13.0 Å². The third-order valence-corrected chi connectivity index (χ3v) is 3.34. The molecule has 1 saturated heterocycles. The van der Waals surface area contributed by atoms with Gasteiger partial charge in [-0.15, -0.1) is 0 Å². The summed E-state index contributed by atoms with van der Waals surface area (Å²) in [6, 6.07) is 0.747. The summed E-state index contributed by atoms with van der Waals surface area (Å²) in [6.45, 7) is 12.9. The van der Waals surface area contributed by atoms with E-state index < -0.39 is 0 Å². The van der Waals surface area contributed by atoms with Gasteiger partial charge < -0.3 is 10.1 Å². The van der Waals surface area contributed by atoms with E-state index in [1.807, 2.05) is 0 Å². The second-order valence-corrected chi connectivity index (χ2v) is 4.36. The molecule has 1 fully saturated rings. The number of ether oxygens (including phenoxy) is 1. The smallest absolute Gasteiger partial charge is 0.0593 e. The van der Waals surface area contributed by atoms with Crippen molar-refractivity contribution in [3.63, 3.8) is 0 Å². The van der Waals surface area contributed by atoms with Crippen LogP contribution in [0.15, 0.2) is 0 Å². The molecule has 0 spiro atoms. The van der Waals surface area contributed by atoms with Gasteiger partial charge in [-0.3, -0.25) is 4.90 Å². The lowest BCUT2D eigenvalue weighted by Crippen LogP contribution is -2.49. The summed E-state index contributed by atoms with van der Waals surface area (Å²) < 4.78 is 5.43. The summed E-state index contributed by atoms with van der Waals surface area (Å²) in [5.41, 5.74) is 0. The zero-order chi connectivity index (χ0) is 11.1. The summed E-state index contributed by atoms with van der Waals surface area (Å²) in [5.74, 6) is 0.764. The fourth-order valence-electron chi connectivity index (χ4n) is 2.43. The average Bonchev–Trinajstić information content (AvgIpc) is 2.26. The van der Waals surface area contributed by atoms with Gasteiger partial charge in [0.1, 0.15) is 0 Å². The maximum Gasteiger partial charge on any atom is 0.0593 e. The van der Waals surface area contributed by atoms with E-state index in [0.29, 0.717) is 0 Å². The highest BCUT2D eigenvalue weighted by molar-refractivity contribution is 4.82. The van der Waals surface area contributed by atoms with Crippen molar-refractivity contribution in [3.8, 4) is 0 Å². The number of likely N-dealkylation sites (N-methyl/N-ethyl adjacent to an activating group) is 1. The van der Waals surface area contributed by atoms with Gasteiger partial charge in [-0.25, -0.2) is 0 Å². The van der Waals surface area contributed by atoms with Crippen LogP contribution in [0.1, 0.15) is 27.2 Å². The van der Waals surface area contributed by atoms with Gasteiger partial charge in [0.05, 0.1) is 6.61 Å². The third kappa shape index (κ3) is 4.09. The quantitative estimate of drug-likeness (QED) is 0.675. The van der Waals surface area contributed by atoms with Gasteiger partial charge in [0.25, 0.3) is 0 Å². The fraction of sp³-hybridized carbons (Fsp3) is 1.00. The standard InChI is InChI=1S/C12H26N2O/c1-4-14(8-9-15-5-2)12-6-7-13-10-11(12)3/h11-13H,4-10H2,1-3H3. The first kappa shape index (κ1) is 12.9. The molecule has 2 atom stereocenters. The first-order chi connectivity index (χ1) is 7.29. The average molecular weight is 214 g/mol. The van der Waals surface area contributed by atoms with E-state index in [-0.39, 0.29) is 0 Å². The van der Waals surface area contributed by atoms with Gasteiger partial charge in [-0.05, 0) is 38.9 Å². The van der Waals surface area contributed by atoms with Gasteiger partial charge in [-0.2, -0.15) is 0 Å². The van der Waals surface area contributed by atoms with Gasteiger partial charge in [-0.1, -0.05) is 13.8 Å². The second-order valence-electron chi connectivity index (χ2n) is 4.36. The molecule has 0 aliphatic carbocycles. The number of rotatable bonds is 6. The maximum atomic E-state index is 5.43. The Labute approximate surface area is 94.2 Å². The van der Waals surface area contributed by atoms with Crippen molar-refractivity contribution in [2.75, 3.05) is 39.4 Å². The summed E-state index contributed by atoms with van der Waals surface area (Å²) in [5, 5.41) is 3.45. The monoisotopic (exact) mass is 214 g/mol. The lowest BCUT2D eigenvalue weighted by atomic mass is 9.94. The molecule has 0 aromatic carbocycles. The molecular formula is C12H26N2O. The van der Waals surface area contributed by atoms with Crippen LogP contribution in [0.2, 0.25) is 0 Å². The SMILES string of the molecule is CCOCCN(CC)C1CCNCC1C. The zero-order valence-corrected chi connectivity index (χ0v) is 10.5. The molecule has 1 rings (SSSR count). The van der Waals surface area contributed by atoms with Crippen LogP contribution in [0, 0.1) is 5.92 Å². The predicted octanol–water partition coefficient (Wildman–Crippen LogP) is 1.34. The number of nitrogens with one attached hydrogen (secondary N) is 1. The molecule has 1 aliphatic heterocycles. The van der Waals surface area contributed by atoms with Crippen LogP contribution in [-0.2, 0) is 4.74 Å². The van der Waals surface area contributed by atoms with E-state index in [2.05, 4.69) is 31.0 Å². The van der Waals surface area contributed by atoms with Gasteiger partial charge in [0, 0.05) is 19.2 Å². The normalized spacial score (nSPS) is 27.2. The maximum absolute atomic E-state index is 5.43. The van der Waals surface area contributed by atoms with Crippen LogP contribution in [0.3, 0.4) is 0 Å². The van der Waals surface area contributed by atoms with E-state index in [9.17, 15) is 0 Å². The highest BCUT2D eigenvalue weighted by Gasteiger charge is 2.25. The molecule has 3 heteroatoms. The molecule has 1 N–H and O–H groups in total. The Hall–Kier alpha value is -0.120. The van der Waals surface area contributed by atoms with E-state index in [1.54, 1.807) is 0 Å². The van der Waals surface area contributed by atoms with Crippen molar-refractivity contribution >= 4 is 0 Å². The topological polar surface area (TPSA) is 24.5 Å². The summed E-state index contributed by atoms with van der Waals surface area (Å²) in [4.78, 5) is 2.57. The molecule has 3 nitrogen and oxygen atoms in total. The van der Waals surface area contributed by atoms with E-state index >= 15 is 0 Å². The van der Waals surface area contributed by atoms with Crippen molar-refractivity contribution in [1.82, 2.24) is 10.2 Å². The van der Waals surface area contributed by atoms with Crippen LogP contribution in [-0.4, -0.2) is 50.3 Å². The Morgan fingerprint density at radius 1 is 1.40 bits per heavy atom. The number of piperidine rings is 1. The molecule has 0 saturated carbocycles. The first-order valence-electron chi connectivity index (χ1n) is 6.32. The van der Waals surface area contributed by atoms with Crippen molar-refractivity contribution in [3.05, 3.63) is 0 Å². The molecule has 2 unspecified atom stereocenters. The molecule has 15 heavy (non-hydrogen) atoms. The molecular weight excluding hydrogens is 188 g/mol. The lowest BCUT2D eigenvalue weighted by Gasteiger charge is -2.38. The highest BCUT2D eigenvalue weighted by Crippen LogP contribution is 2.17. The van der Waals surface area contributed by atoms with Crippen molar-refractivity contribution < 1.29 is 4.74 Å². The number of hydrogen-bond donors (Lipinski definition) is 1. The minimum absolute atomic E-state index is 0.747. The number of hydrogen-bond acceptors (Lipinski definition) is 3. The molecule has 0 bridgehead atoms. The minimum Gasteiger partial charge on any atom is -0.380 e. The van der Waals surface area contributed by atoms with Crippen molar-refractivity contribution in [2.45, 2.75) is 33.2 Å². The molecule has 1 heterocycles. The Balaban J connectivity index is 2.34. The summed E-state index contributed by atoms with van der Waals surface area (Å²) in [6.07, 6.45) is 1.28. The molecule has 0 amide bonds. The van der Waals surface area contributed by atoms with Gasteiger partial charge >= 0.3 is 0 Å². The Kier molecular flexibility index (Phi) is 6.22. The lowest BCUT2D eigenvalue weighted by molar-refractivity contribution is 0.0705. The molecule has 0 aromatic heterocycles. The summed E-state index contributed by atoms with van der Waals surface area (Å²) >= 11 is 0. The van der Waals surface area contributed by atoms with Crippen molar-refractivity contribution in [2.24, 2.45) is 5.92 Å². The Bertz CT molecular complexity index is 164. The molecule has 0 radical (unpaired) electrons. The van der Waals surface area contributed by atoms with Crippen LogP contribution >= 0.6 is 0 Å². The third-order valence-electron chi connectivity index (χ3n) is 3.34. The van der Waals surface area contributed by atoms with E-state index in [0.717, 1.165) is 44.8 Å². The summed E-state index contributed by atoms with van der Waals surface area (Å²) in [7, 11) is 0. The van der Waals surface area contributed by atoms with E-state index in [4.69, 9.17) is 4.74 Å². The van der Waals surface area contributed by atoms with Crippen LogP contribution < -0.4 is 5.32 Å². The zero-order valence-electron chi connectivity index (χ0n) is 10.5. The number of nitrogens with zero attached hydrogens (tertiary/aromatic N) is 1. The second kappa shape index (κ2) is 7.20. The highest BCUT2D eigenvalue weighted by atomic mass is 16.5. The van der Waals surface area contributed by atoms with Gasteiger partial charge in [0.15, 0.2) is 0 Å². The van der Waals surface area contributed by atoms with Crippen LogP contribution in [0.4, 0.5) is 0 Å². The van der Waals surface area contributed by atoms with Gasteiger partial charge in [0.2, 0.25) is 0 Å². The predicted molar refractivity (Wildman–Crippen MR) is 64.2 cm³/mol. The van der Waals surface area contributed by atoms with Crippen molar-refractivity contribution in [1.29, 1.82) is 0 Å². The van der Waals surface area contributed by atoms with Crippen LogP contribution in [0.5, 0.6) is 0 Å². The first-order valence-corrected chi connectivity index (χ1v) is 6.32. The molecule has 1 aliphatic rings. The van der Waals surface area contributed by atoms with Crippen LogP contribution in [0.25, 0.3) is 0 Å². The fourth-order valence-corrected chi connectivity index (χ4v) is 2.43. The largest absolute Gasteiger partial charge is 0.380 e. The Morgan fingerprint density at radius 2 is 2.20 bits per heavy atom. The Morgan fingerprint density at radius 3 is 2.80 bits per heavy atom. The minimum atomic E-state index is 0.747. The molecule has 90 valence electrons. The molecule has 0 aromatic rings.